The first-order valence-electron chi connectivity index (χ1n) is 9.13. The van der Waals surface area contributed by atoms with Gasteiger partial charge in [-0.15, -0.1) is 11.8 Å². The lowest BCUT2D eigenvalue weighted by molar-refractivity contribution is -0.143. The Morgan fingerprint density at radius 3 is 2.79 bits per heavy atom. The van der Waals surface area contributed by atoms with Gasteiger partial charge in [0.15, 0.2) is 4.80 Å². The van der Waals surface area contributed by atoms with Gasteiger partial charge in [-0.3, -0.25) is 9.59 Å². The molecule has 0 bridgehead atoms. The maximum atomic E-state index is 12.8. The molecule has 1 amide bonds. The lowest BCUT2D eigenvalue weighted by atomic mass is 10.2. The van der Waals surface area contributed by atoms with E-state index in [1.165, 1.54) is 15.6 Å². The van der Waals surface area contributed by atoms with E-state index in [-0.39, 0.29) is 13.2 Å². The lowest BCUT2D eigenvalue weighted by Gasteiger charge is -2.18. The predicted molar refractivity (Wildman–Crippen MR) is 113 cm³/mol. The number of benzene rings is 1. The largest absolute Gasteiger partial charge is 0.465 e. The van der Waals surface area contributed by atoms with E-state index in [0.29, 0.717) is 24.2 Å². The molecule has 0 aliphatic carbocycles. The van der Waals surface area contributed by atoms with Crippen LogP contribution in [0, 0.1) is 0 Å². The topological polar surface area (TPSA) is 98.0 Å². The molecule has 158 valence electrons. The van der Waals surface area contributed by atoms with Crippen molar-refractivity contribution in [3.8, 4) is 0 Å². The number of sulfonamides is 1. The van der Waals surface area contributed by atoms with Gasteiger partial charge in [0, 0.05) is 11.4 Å². The van der Waals surface area contributed by atoms with Crippen LogP contribution < -0.4 is 4.80 Å². The van der Waals surface area contributed by atoms with Crippen molar-refractivity contribution in [3.63, 3.8) is 0 Å². The summed E-state index contributed by atoms with van der Waals surface area (Å²) in [7, 11) is -3.49. The molecule has 1 aromatic carbocycles. The van der Waals surface area contributed by atoms with E-state index in [9.17, 15) is 18.0 Å². The predicted octanol–water partition coefficient (Wildman–Crippen LogP) is 1.84. The SMILES string of the molecule is CCOC(=O)Cn1c(=NC(=O)C2CCCN2S(C)(=O)=O)sc2cc(SC)ccc21. The monoisotopic (exact) mass is 457 g/mol. The molecule has 0 spiro atoms. The molecule has 0 radical (unpaired) electrons. The van der Waals surface area contributed by atoms with Crippen LogP contribution in [0.15, 0.2) is 28.1 Å². The van der Waals surface area contributed by atoms with Crippen molar-refractivity contribution < 1.29 is 22.7 Å². The quantitative estimate of drug-likeness (QED) is 0.485. The molecular weight excluding hydrogens is 434 g/mol. The highest BCUT2D eigenvalue weighted by molar-refractivity contribution is 7.98. The van der Waals surface area contributed by atoms with E-state index in [1.54, 1.807) is 23.3 Å². The minimum Gasteiger partial charge on any atom is -0.465 e. The fourth-order valence-corrected chi connectivity index (χ4v) is 6.01. The molecule has 0 N–H and O–H groups in total. The van der Waals surface area contributed by atoms with E-state index in [0.717, 1.165) is 21.4 Å². The summed E-state index contributed by atoms with van der Waals surface area (Å²) >= 11 is 2.89. The molecule has 2 heterocycles. The molecule has 3 rings (SSSR count). The highest BCUT2D eigenvalue weighted by Crippen LogP contribution is 2.25. The molecule has 11 heteroatoms. The Hall–Kier alpha value is -1.69. The first kappa shape index (κ1) is 22.0. The Kier molecular flexibility index (Phi) is 6.82. The third-order valence-corrected chi connectivity index (χ3v) is 7.66. The molecule has 1 atom stereocenters. The number of hydrogen-bond acceptors (Lipinski definition) is 7. The number of thiazole rings is 1. The van der Waals surface area contributed by atoms with Crippen molar-refractivity contribution in [2.24, 2.45) is 4.99 Å². The molecule has 1 unspecified atom stereocenters. The summed E-state index contributed by atoms with van der Waals surface area (Å²) in [6, 6.07) is 5.01. The van der Waals surface area contributed by atoms with Crippen LogP contribution in [0.2, 0.25) is 0 Å². The number of amides is 1. The molecule has 1 aliphatic rings. The molecule has 1 aliphatic heterocycles. The van der Waals surface area contributed by atoms with Crippen LogP contribution in [0.4, 0.5) is 0 Å². The number of nitrogens with zero attached hydrogens (tertiary/aromatic N) is 3. The highest BCUT2D eigenvalue weighted by atomic mass is 32.2. The average Bonchev–Trinajstić information content (AvgIpc) is 3.27. The van der Waals surface area contributed by atoms with Gasteiger partial charge < -0.3 is 9.30 Å². The fraction of sp³-hybridized carbons (Fsp3) is 0.500. The number of fused-ring (bicyclic) bond motifs is 1. The van der Waals surface area contributed by atoms with Crippen molar-refractivity contribution in [1.82, 2.24) is 8.87 Å². The van der Waals surface area contributed by atoms with Gasteiger partial charge in [0.1, 0.15) is 12.6 Å². The van der Waals surface area contributed by atoms with Crippen LogP contribution in [0.1, 0.15) is 19.8 Å². The second-order valence-corrected chi connectivity index (χ2v) is 10.4. The zero-order valence-electron chi connectivity index (χ0n) is 16.5. The minimum atomic E-state index is -3.49. The molecule has 29 heavy (non-hydrogen) atoms. The van der Waals surface area contributed by atoms with Crippen molar-refractivity contribution in [3.05, 3.63) is 23.0 Å². The average molecular weight is 458 g/mol. The maximum absolute atomic E-state index is 12.8. The third-order valence-electron chi connectivity index (χ3n) is 4.60. The Labute approximate surface area is 177 Å². The van der Waals surface area contributed by atoms with E-state index in [4.69, 9.17) is 4.74 Å². The summed E-state index contributed by atoms with van der Waals surface area (Å²) in [5, 5.41) is 0. The van der Waals surface area contributed by atoms with Crippen LogP contribution in [0.3, 0.4) is 0 Å². The van der Waals surface area contributed by atoms with E-state index in [1.807, 2.05) is 24.5 Å². The molecule has 1 aromatic heterocycles. The second kappa shape index (κ2) is 8.99. The van der Waals surface area contributed by atoms with Gasteiger partial charge in [-0.1, -0.05) is 11.3 Å². The number of aromatic nitrogens is 1. The van der Waals surface area contributed by atoms with Crippen LogP contribution in [-0.4, -0.2) is 60.9 Å². The Morgan fingerprint density at radius 1 is 1.38 bits per heavy atom. The van der Waals surface area contributed by atoms with Crippen LogP contribution >= 0.6 is 23.1 Å². The molecule has 1 fully saturated rings. The number of carbonyl (C=O) groups is 2. The minimum absolute atomic E-state index is 0.0704. The van der Waals surface area contributed by atoms with Crippen molar-refractivity contribution in [2.45, 2.75) is 37.2 Å². The summed E-state index contributed by atoms with van der Waals surface area (Å²) in [6.45, 7) is 2.23. The van der Waals surface area contributed by atoms with Crippen molar-refractivity contribution >= 4 is 55.2 Å². The molecule has 8 nitrogen and oxygen atoms in total. The fourth-order valence-electron chi connectivity index (χ4n) is 3.31. The second-order valence-electron chi connectivity index (χ2n) is 6.59. The van der Waals surface area contributed by atoms with Crippen LogP contribution in [0.5, 0.6) is 0 Å². The number of hydrogen-bond donors (Lipinski definition) is 0. The van der Waals surface area contributed by atoms with Gasteiger partial charge >= 0.3 is 5.97 Å². The number of ether oxygens (including phenoxy) is 1. The van der Waals surface area contributed by atoms with Gasteiger partial charge in [-0.2, -0.15) is 9.30 Å². The van der Waals surface area contributed by atoms with Crippen molar-refractivity contribution in [2.75, 3.05) is 25.7 Å². The Bertz CT molecular complexity index is 1100. The summed E-state index contributed by atoms with van der Waals surface area (Å²) in [4.78, 5) is 30.6. The Morgan fingerprint density at radius 2 is 2.14 bits per heavy atom. The van der Waals surface area contributed by atoms with Crippen LogP contribution in [-0.2, 0) is 30.9 Å². The summed E-state index contributed by atoms with van der Waals surface area (Å²) in [6.07, 6.45) is 4.12. The number of carbonyl (C=O) groups excluding carboxylic acids is 2. The van der Waals surface area contributed by atoms with E-state index >= 15 is 0 Å². The first-order chi connectivity index (χ1) is 13.7. The van der Waals surface area contributed by atoms with Crippen LogP contribution in [0.25, 0.3) is 10.2 Å². The first-order valence-corrected chi connectivity index (χ1v) is 13.0. The van der Waals surface area contributed by atoms with Crippen molar-refractivity contribution in [1.29, 1.82) is 0 Å². The summed E-state index contributed by atoms with van der Waals surface area (Å²) in [5.74, 6) is -0.934. The molecule has 0 saturated carbocycles. The molecular formula is C18H23N3O5S3. The van der Waals surface area contributed by atoms with E-state index in [2.05, 4.69) is 4.99 Å². The summed E-state index contributed by atoms with van der Waals surface area (Å²) in [5.41, 5.74) is 0.777. The van der Waals surface area contributed by atoms with Gasteiger partial charge in [-0.25, -0.2) is 8.42 Å². The van der Waals surface area contributed by atoms with Gasteiger partial charge in [0.25, 0.3) is 5.91 Å². The number of thioether (sulfide) groups is 1. The van der Waals surface area contributed by atoms with Gasteiger partial charge in [0.2, 0.25) is 10.0 Å². The smallest absolute Gasteiger partial charge is 0.326 e. The number of rotatable bonds is 6. The number of esters is 1. The van der Waals surface area contributed by atoms with Gasteiger partial charge in [-0.05, 0) is 44.2 Å². The zero-order chi connectivity index (χ0) is 21.2. The van der Waals surface area contributed by atoms with Gasteiger partial charge in [0.05, 0.1) is 23.1 Å². The maximum Gasteiger partial charge on any atom is 0.326 e. The highest BCUT2D eigenvalue weighted by Gasteiger charge is 2.36. The standard InChI is InChI=1S/C18H23N3O5S3/c1-4-26-16(22)11-20-13-8-7-12(27-2)10-15(13)28-18(20)19-17(23)14-6-5-9-21(14)29(3,24)25/h7-8,10,14H,4-6,9,11H2,1-3H3. The third kappa shape index (κ3) is 4.90. The summed E-state index contributed by atoms with van der Waals surface area (Å²) < 4.78 is 32.7. The van der Waals surface area contributed by atoms with E-state index < -0.39 is 27.9 Å². The Balaban J connectivity index is 2.06. The zero-order valence-corrected chi connectivity index (χ0v) is 18.9. The molecule has 2 aromatic rings. The molecule has 1 saturated heterocycles. The normalized spacial score (nSPS) is 18.4. The lowest BCUT2D eigenvalue weighted by Crippen LogP contribution is -2.40.